The SMILES string of the molecule is COc1cc(C)c(CN2CCC(c3cc4ncccc4cn3)CC2)cc1OC. The van der Waals surface area contributed by atoms with E-state index in [1.165, 1.54) is 16.8 Å². The van der Waals surface area contributed by atoms with Crippen molar-refractivity contribution in [3.8, 4) is 11.5 Å². The van der Waals surface area contributed by atoms with Crippen molar-refractivity contribution in [2.24, 2.45) is 0 Å². The third-order valence-electron chi connectivity index (χ3n) is 5.75. The summed E-state index contributed by atoms with van der Waals surface area (Å²) in [7, 11) is 3.37. The molecule has 0 spiro atoms. The maximum Gasteiger partial charge on any atom is 0.161 e. The van der Waals surface area contributed by atoms with Crippen LogP contribution in [0.1, 0.15) is 35.6 Å². The number of piperidine rings is 1. The first-order valence-corrected chi connectivity index (χ1v) is 9.82. The van der Waals surface area contributed by atoms with Crippen LogP contribution in [-0.4, -0.2) is 42.2 Å². The predicted molar refractivity (Wildman–Crippen MR) is 111 cm³/mol. The van der Waals surface area contributed by atoms with Gasteiger partial charge in [0.05, 0.1) is 19.7 Å². The van der Waals surface area contributed by atoms with Crippen LogP contribution in [0.15, 0.2) is 42.7 Å². The summed E-state index contributed by atoms with van der Waals surface area (Å²) in [6.07, 6.45) is 6.05. The zero-order valence-electron chi connectivity index (χ0n) is 16.8. The fourth-order valence-corrected chi connectivity index (χ4v) is 4.03. The van der Waals surface area contributed by atoms with Crippen LogP contribution in [-0.2, 0) is 6.54 Å². The summed E-state index contributed by atoms with van der Waals surface area (Å²) in [4.78, 5) is 11.7. The summed E-state index contributed by atoms with van der Waals surface area (Å²) in [5.41, 5.74) is 4.75. The van der Waals surface area contributed by atoms with Gasteiger partial charge in [-0.15, -0.1) is 0 Å². The molecule has 0 bridgehead atoms. The lowest BCUT2D eigenvalue weighted by Gasteiger charge is -2.32. The zero-order chi connectivity index (χ0) is 19.5. The van der Waals surface area contributed by atoms with Crippen molar-refractivity contribution in [2.45, 2.75) is 32.2 Å². The van der Waals surface area contributed by atoms with E-state index in [1.807, 2.05) is 18.5 Å². The highest BCUT2D eigenvalue weighted by Gasteiger charge is 2.22. The average Bonchev–Trinajstić information content (AvgIpc) is 2.75. The largest absolute Gasteiger partial charge is 0.493 e. The molecule has 5 nitrogen and oxygen atoms in total. The van der Waals surface area contributed by atoms with E-state index in [9.17, 15) is 0 Å². The first kappa shape index (κ1) is 18.7. The second-order valence-electron chi connectivity index (χ2n) is 7.49. The molecule has 0 aliphatic carbocycles. The standard InChI is InChI=1S/C23H27N3O2/c1-16-11-22(27-2)23(28-3)12-19(16)15-26-9-6-17(7-10-26)20-13-21-18(14-25-20)5-4-8-24-21/h4-5,8,11-14,17H,6-7,9-10,15H2,1-3H3. The number of aryl methyl sites for hydroxylation is 1. The highest BCUT2D eigenvalue weighted by molar-refractivity contribution is 5.77. The van der Waals surface area contributed by atoms with Gasteiger partial charge in [-0.2, -0.15) is 0 Å². The molecule has 1 aliphatic heterocycles. The van der Waals surface area contributed by atoms with Gasteiger partial charge in [-0.05, 0) is 74.3 Å². The van der Waals surface area contributed by atoms with Gasteiger partial charge >= 0.3 is 0 Å². The Morgan fingerprint density at radius 3 is 2.54 bits per heavy atom. The molecule has 0 unspecified atom stereocenters. The second-order valence-corrected chi connectivity index (χ2v) is 7.49. The van der Waals surface area contributed by atoms with Crippen LogP contribution in [0.3, 0.4) is 0 Å². The minimum atomic E-state index is 0.508. The molecule has 1 aromatic carbocycles. The monoisotopic (exact) mass is 377 g/mol. The van der Waals surface area contributed by atoms with Gasteiger partial charge < -0.3 is 9.47 Å². The maximum absolute atomic E-state index is 5.47. The van der Waals surface area contributed by atoms with Gasteiger partial charge in [0.25, 0.3) is 0 Å². The molecule has 5 heteroatoms. The van der Waals surface area contributed by atoms with E-state index < -0.39 is 0 Å². The van der Waals surface area contributed by atoms with E-state index in [4.69, 9.17) is 14.5 Å². The molecule has 0 radical (unpaired) electrons. The first-order chi connectivity index (χ1) is 13.7. The maximum atomic E-state index is 5.47. The molecule has 0 amide bonds. The van der Waals surface area contributed by atoms with Gasteiger partial charge in [-0.3, -0.25) is 14.9 Å². The van der Waals surface area contributed by atoms with Gasteiger partial charge in [0.15, 0.2) is 11.5 Å². The van der Waals surface area contributed by atoms with E-state index in [1.54, 1.807) is 14.2 Å². The molecule has 3 heterocycles. The minimum absolute atomic E-state index is 0.508. The Morgan fingerprint density at radius 1 is 1.04 bits per heavy atom. The molecule has 28 heavy (non-hydrogen) atoms. The van der Waals surface area contributed by atoms with E-state index >= 15 is 0 Å². The molecule has 146 valence electrons. The summed E-state index contributed by atoms with van der Waals surface area (Å²) in [6.45, 7) is 5.21. The van der Waals surface area contributed by atoms with Gasteiger partial charge in [0, 0.05) is 35.9 Å². The minimum Gasteiger partial charge on any atom is -0.493 e. The lowest BCUT2D eigenvalue weighted by Crippen LogP contribution is -2.32. The summed E-state index contributed by atoms with van der Waals surface area (Å²) in [6, 6.07) is 10.4. The number of methoxy groups -OCH3 is 2. The van der Waals surface area contributed by atoms with Crippen LogP contribution in [0.4, 0.5) is 0 Å². The van der Waals surface area contributed by atoms with E-state index in [0.29, 0.717) is 5.92 Å². The molecule has 0 N–H and O–H groups in total. The topological polar surface area (TPSA) is 47.5 Å². The molecule has 0 atom stereocenters. The van der Waals surface area contributed by atoms with Crippen LogP contribution in [0.25, 0.3) is 10.9 Å². The summed E-state index contributed by atoms with van der Waals surface area (Å²) in [5, 5.41) is 1.10. The lowest BCUT2D eigenvalue weighted by atomic mass is 9.92. The molecule has 4 rings (SSSR count). The molecule has 1 fully saturated rings. The number of hydrogen-bond donors (Lipinski definition) is 0. The molecular weight excluding hydrogens is 350 g/mol. The fraction of sp³-hybridized carbons (Fsp3) is 0.391. The third kappa shape index (κ3) is 3.80. The summed E-state index contributed by atoms with van der Waals surface area (Å²) in [5.74, 6) is 2.10. The van der Waals surface area contributed by atoms with Crippen LogP contribution >= 0.6 is 0 Å². The normalized spacial score (nSPS) is 15.7. The fourth-order valence-electron chi connectivity index (χ4n) is 4.03. The van der Waals surface area contributed by atoms with Crippen LogP contribution in [0.2, 0.25) is 0 Å². The summed E-state index contributed by atoms with van der Waals surface area (Å²) < 4.78 is 10.9. The molecule has 2 aromatic heterocycles. The first-order valence-electron chi connectivity index (χ1n) is 9.82. The Hall–Kier alpha value is -2.66. The number of nitrogens with zero attached hydrogens (tertiary/aromatic N) is 3. The van der Waals surface area contributed by atoms with Gasteiger partial charge in [0.1, 0.15) is 0 Å². The number of benzene rings is 1. The smallest absolute Gasteiger partial charge is 0.161 e. The Balaban J connectivity index is 1.42. The van der Waals surface area contributed by atoms with E-state index in [0.717, 1.165) is 54.9 Å². The number of rotatable bonds is 5. The van der Waals surface area contributed by atoms with Gasteiger partial charge in [-0.25, -0.2) is 0 Å². The second kappa shape index (κ2) is 8.15. The number of fused-ring (bicyclic) bond motifs is 1. The predicted octanol–water partition coefficient (Wildman–Crippen LogP) is 4.34. The van der Waals surface area contributed by atoms with Crippen LogP contribution in [0.5, 0.6) is 11.5 Å². The highest BCUT2D eigenvalue weighted by atomic mass is 16.5. The molecule has 0 saturated carbocycles. The Bertz CT molecular complexity index is 965. The third-order valence-corrected chi connectivity index (χ3v) is 5.75. The number of aromatic nitrogens is 2. The quantitative estimate of drug-likeness (QED) is 0.662. The highest BCUT2D eigenvalue weighted by Crippen LogP contribution is 2.33. The number of hydrogen-bond acceptors (Lipinski definition) is 5. The van der Waals surface area contributed by atoms with Gasteiger partial charge in [-0.1, -0.05) is 0 Å². The van der Waals surface area contributed by atoms with Gasteiger partial charge in [0.2, 0.25) is 0 Å². The zero-order valence-corrected chi connectivity index (χ0v) is 16.8. The lowest BCUT2D eigenvalue weighted by molar-refractivity contribution is 0.202. The Kier molecular flexibility index (Phi) is 5.44. The molecule has 1 aliphatic rings. The molecule has 3 aromatic rings. The Morgan fingerprint density at radius 2 is 1.79 bits per heavy atom. The average molecular weight is 377 g/mol. The Labute approximate surface area is 166 Å². The van der Waals surface area contributed by atoms with E-state index in [-0.39, 0.29) is 0 Å². The van der Waals surface area contributed by atoms with Crippen molar-refractivity contribution in [1.82, 2.24) is 14.9 Å². The van der Waals surface area contributed by atoms with E-state index in [2.05, 4.69) is 41.1 Å². The number of pyridine rings is 2. The van der Waals surface area contributed by atoms with Crippen molar-refractivity contribution < 1.29 is 9.47 Å². The van der Waals surface area contributed by atoms with Crippen molar-refractivity contribution in [3.05, 3.63) is 59.5 Å². The van der Waals surface area contributed by atoms with Crippen molar-refractivity contribution in [3.63, 3.8) is 0 Å². The molecular formula is C23H27N3O2. The number of ether oxygens (including phenoxy) is 2. The van der Waals surface area contributed by atoms with Crippen molar-refractivity contribution >= 4 is 10.9 Å². The number of likely N-dealkylation sites (tertiary alicyclic amines) is 1. The van der Waals surface area contributed by atoms with Crippen molar-refractivity contribution in [1.29, 1.82) is 0 Å². The molecule has 1 saturated heterocycles. The summed E-state index contributed by atoms with van der Waals surface area (Å²) >= 11 is 0. The van der Waals surface area contributed by atoms with Crippen molar-refractivity contribution in [2.75, 3.05) is 27.3 Å². The van der Waals surface area contributed by atoms with Crippen LogP contribution in [0, 0.1) is 6.92 Å². The van der Waals surface area contributed by atoms with Crippen LogP contribution < -0.4 is 9.47 Å².